The first-order chi connectivity index (χ1) is 9.20. The van der Waals surface area contributed by atoms with Gasteiger partial charge in [-0.15, -0.1) is 11.3 Å². The lowest BCUT2D eigenvalue weighted by Gasteiger charge is -2.08. The zero-order chi connectivity index (χ0) is 13.7. The quantitative estimate of drug-likeness (QED) is 0.850. The Morgan fingerprint density at radius 3 is 3.16 bits per heavy atom. The van der Waals surface area contributed by atoms with Crippen molar-refractivity contribution in [1.29, 1.82) is 0 Å². The molecule has 0 radical (unpaired) electrons. The van der Waals surface area contributed by atoms with Gasteiger partial charge in [0.15, 0.2) is 0 Å². The van der Waals surface area contributed by atoms with Crippen LogP contribution in [0.5, 0.6) is 0 Å². The van der Waals surface area contributed by atoms with Crippen LogP contribution in [0.25, 0.3) is 0 Å². The van der Waals surface area contributed by atoms with E-state index in [4.69, 9.17) is 4.42 Å². The van der Waals surface area contributed by atoms with Crippen LogP contribution in [0, 0.1) is 0 Å². The van der Waals surface area contributed by atoms with Crippen LogP contribution in [0.2, 0.25) is 0 Å². The highest BCUT2D eigenvalue weighted by atomic mass is 32.1. The summed E-state index contributed by atoms with van der Waals surface area (Å²) in [5.74, 6) is 0.224. The van der Waals surface area contributed by atoms with Gasteiger partial charge in [0.2, 0.25) is 0 Å². The number of aliphatic hydroxyl groups excluding tert-OH is 1. The highest BCUT2D eigenvalue weighted by Crippen LogP contribution is 2.15. The molecule has 0 aromatic carbocycles. The molecule has 0 spiro atoms. The third-order valence-corrected chi connectivity index (χ3v) is 3.62. The van der Waals surface area contributed by atoms with Crippen LogP contribution in [0.4, 0.5) is 0 Å². The molecule has 2 N–H and O–H groups in total. The molecule has 102 valence electrons. The Morgan fingerprint density at radius 2 is 2.47 bits per heavy atom. The van der Waals surface area contributed by atoms with Gasteiger partial charge in [-0.05, 0) is 25.0 Å². The van der Waals surface area contributed by atoms with Crippen molar-refractivity contribution in [1.82, 2.24) is 10.3 Å². The Kier molecular flexibility index (Phi) is 4.70. The summed E-state index contributed by atoms with van der Waals surface area (Å²) in [6, 6.07) is 3.36. The molecule has 2 heterocycles. The molecule has 0 aliphatic carbocycles. The van der Waals surface area contributed by atoms with Gasteiger partial charge in [0.25, 0.3) is 5.91 Å². The summed E-state index contributed by atoms with van der Waals surface area (Å²) < 4.78 is 5.06. The van der Waals surface area contributed by atoms with E-state index in [-0.39, 0.29) is 12.5 Å². The number of aryl methyl sites for hydroxylation is 1. The van der Waals surface area contributed by atoms with Crippen LogP contribution in [0.3, 0.4) is 0 Å². The molecule has 2 aromatic rings. The van der Waals surface area contributed by atoms with E-state index < -0.39 is 6.10 Å². The molecule has 0 fully saturated rings. The molecule has 19 heavy (non-hydrogen) atoms. The molecule has 2 rings (SSSR count). The fraction of sp³-hybridized carbons (Fsp3) is 0.385. The van der Waals surface area contributed by atoms with Crippen molar-refractivity contribution in [3.05, 3.63) is 40.2 Å². The Bertz CT molecular complexity index is 522. The smallest absolute Gasteiger partial charge is 0.263 e. The Balaban J connectivity index is 1.86. The minimum Gasteiger partial charge on any atom is -0.467 e. The van der Waals surface area contributed by atoms with Crippen molar-refractivity contribution in [2.24, 2.45) is 0 Å². The number of furan rings is 1. The molecule has 2 aromatic heterocycles. The lowest BCUT2D eigenvalue weighted by molar-refractivity contribution is 0.0905. The number of thiazole rings is 1. The molecule has 6 heteroatoms. The average molecular weight is 280 g/mol. The maximum absolute atomic E-state index is 11.9. The summed E-state index contributed by atoms with van der Waals surface area (Å²) in [5, 5.41) is 13.4. The van der Waals surface area contributed by atoms with Gasteiger partial charge in [0, 0.05) is 0 Å². The zero-order valence-electron chi connectivity index (χ0n) is 10.6. The SMILES string of the molecule is CCCc1ncc(C(=O)NC[C@H](O)c2ccco2)s1. The summed E-state index contributed by atoms with van der Waals surface area (Å²) >= 11 is 1.39. The van der Waals surface area contributed by atoms with E-state index in [2.05, 4.69) is 17.2 Å². The molecule has 0 aliphatic heterocycles. The number of amides is 1. The third-order valence-electron chi connectivity index (χ3n) is 2.57. The van der Waals surface area contributed by atoms with E-state index in [9.17, 15) is 9.90 Å². The van der Waals surface area contributed by atoms with E-state index in [1.54, 1.807) is 18.3 Å². The maximum atomic E-state index is 11.9. The molecule has 0 bridgehead atoms. The number of aliphatic hydroxyl groups is 1. The molecule has 0 unspecified atom stereocenters. The van der Waals surface area contributed by atoms with Gasteiger partial charge in [0.1, 0.15) is 16.7 Å². The Hall–Kier alpha value is -1.66. The minimum atomic E-state index is -0.831. The summed E-state index contributed by atoms with van der Waals surface area (Å²) in [6.07, 6.45) is 4.12. The van der Waals surface area contributed by atoms with E-state index in [0.717, 1.165) is 17.8 Å². The predicted octanol–water partition coefficient (Wildman–Crippen LogP) is 2.15. The highest BCUT2D eigenvalue weighted by Gasteiger charge is 2.14. The second-order valence-electron chi connectivity index (χ2n) is 4.11. The van der Waals surface area contributed by atoms with Gasteiger partial charge in [-0.2, -0.15) is 0 Å². The number of hydrogen-bond acceptors (Lipinski definition) is 5. The fourth-order valence-corrected chi connectivity index (χ4v) is 2.54. The summed E-state index contributed by atoms with van der Waals surface area (Å²) in [5.41, 5.74) is 0. The molecular formula is C13H16N2O3S. The van der Waals surface area contributed by atoms with Gasteiger partial charge in [0.05, 0.1) is 24.0 Å². The van der Waals surface area contributed by atoms with Gasteiger partial charge in [-0.3, -0.25) is 4.79 Å². The molecular weight excluding hydrogens is 264 g/mol. The van der Waals surface area contributed by atoms with Crippen molar-refractivity contribution < 1.29 is 14.3 Å². The average Bonchev–Trinajstić information content (AvgIpc) is 3.06. The first kappa shape index (κ1) is 13.8. The van der Waals surface area contributed by atoms with E-state index >= 15 is 0 Å². The van der Waals surface area contributed by atoms with Crippen molar-refractivity contribution in [2.75, 3.05) is 6.54 Å². The normalized spacial score (nSPS) is 12.3. The van der Waals surface area contributed by atoms with Crippen LogP contribution in [0.1, 0.15) is 39.9 Å². The van der Waals surface area contributed by atoms with E-state index in [0.29, 0.717) is 10.6 Å². The van der Waals surface area contributed by atoms with Crippen LogP contribution in [-0.2, 0) is 6.42 Å². The Morgan fingerprint density at radius 1 is 1.63 bits per heavy atom. The lowest BCUT2D eigenvalue weighted by Crippen LogP contribution is -2.27. The third kappa shape index (κ3) is 3.65. The summed E-state index contributed by atoms with van der Waals surface area (Å²) in [7, 11) is 0. The van der Waals surface area contributed by atoms with Crippen molar-refractivity contribution in [3.8, 4) is 0 Å². The van der Waals surface area contributed by atoms with Gasteiger partial charge in [-0.25, -0.2) is 4.98 Å². The summed E-state index contributed by atoms with van der Waals surface area (Å²) in [6.45, 7) is 2.19. The number of aromatic nitrogens is 1. The number of carbonyl (C=O) groups excluding carboxylic acids is 1. The first-order valence-corrected chi connectivity index (χ1v) is 6.96. The molecule has 1 atom stereocenters. The number of carbonyl (C=O) groups is 1. The number of nitrogens with zero attached hydrogens (tertiary/aromatic N) is 1. The molecule has 0 aliphatic rings. The van der Waals surface area contributed by atoms with Crippen LogP contribution >= 0.6 is 11.3 Å². The second kappa shape index (κ2) is 6.49. The predicted molar refractivity (Wildman–Crippen MR) is 72.1 cm³/mol. The van der Waals surface area contributed by atoms with Crippen molar-refractivity contribution >= 4 is 17.2 Å². The molecule has 5 nitrogen and oxygen atoms in total. The minimum absolute atomic E-state index is 0.118. The standard InChI is InChI=1S/C13H16N2O3S/c1-2-4-12-14-8-11(19-12)13(17)15-7-9(16)10-5-3-6-18-10/h3,5-6,8-9,16H,2,4,7H2,1H3,(H,15,17)/t9-/m0/s1. The topological polar surface area (TPSA) is 75.4 Å². The van der Waals surface area contributed by atoms with Crippen LogP contribution in [-0.4, -0.2) is 22.5 Å². The Labute approximate surface area is 115 Å². The van der Waals surface area contributed by atoms with E-state index in [1.165, 1.54) is 17.6 Å². The van der Waals surface area contributed by atoms with Gasteiger partial charge >= 0.3 is 0 Å². The lowest BCUT2D eigenvalue weighted by atomic mass is 10.2. The molecule has 0 saturated carbocycles. The van der Waals surface area contributed by atoms with E-state index in [1.807, 2.05) is 0 Å². The highest BCUT2D eigenvalue weighted by molar-refractivity contribution is 7.13. The number of nitrogens with one attached hydrogen (secondary N) is 1. The van der Waals surface area contributed by atoms with Crippen molar-refractivity contribution in [3.63, 3.8) is 0 Å². The second-order valence-corrected chi connectivity index (χ2v) is 5.22. The number of rotatable bonds is 6. The first-order valence-electron chi connectivity index (χ1n) is 6.15. The molecule has 0 saturated heterocycles. The fourth-order valence-electron chi connectivity index (χ4n) is 1.60. The largest absolute Gasteiger partial charge is 0.467 e. The maximum Gasteiger partial charge on any atom is 0.263 e. The monoisotopic (exact) mass is 280 g/mol. The van der Waals surface area contributed by atoms with Gasteiger partial charge < -0.3 is 14.8 Å². The zero-order valence-corrected chi connectivity index (χ0v) is 11.4. The van der Waals surface area contributed by atoms with Crippen LogP contribution < -0.4 is 5.32 Å². The number of hydrogen-bond donors (Lipinski definition) is 2. The summed E-state index contributed by atoms with van der Waals surface area (Å²) in [4.78, 5) is 16.6. The molecule has 1 amide bonds. The van der Waals surface area contributed by atoms with Gasteiger partial charge in [-0.1, -0.05) is 6.92 Å². The van der Waals surface area contributed by atoms with Crippen molar-refractivity contribution in [2.45, 2.75) is 25.9 Å². The van der Waals surface area contributed by atoms with Crippen LogP contribution in [0.15, 0.2) is 29.0 Å².